The zero-order chi connectivity index (χ0) is 21.5. The first-order valence-corrected chi connectivity index (χ1v) is 9.94. The largest absolute Gasteiger partial charge is 0.489 e. The fraction of sp³-hybridized carbons (Fsp3) is 0.120. The van der Waals surface area contributed by atoms with Crippen LogP contribution in [0.1, 0.15) is 11.1 Å². The lowest BCUT2D eigenvalue weighted by atomic mass is 10.1. The number of nitrogens with one attached hydrogen (secondary N) is 1. The average Bonchev–Trinajstić information content (AvgIpc) is 3.27. The Morgan fingerprint density at radius 1 is 0.935 bits per heavy atom. The van der Waals surface area contributed by atoms with Crippen LogP contribution in [0.5, 0.6) is 5.75 Å². The van der Waals surface area contributed by atoms with Gasteiger partial charge in [0.25, 0.3) is 0 Å². The van der Waals surface area contributed by atoms with Crippen LogP contribution in [0.15, 0.2) is 95.5 Å². The highest BCUT2D eigenvalue weighted by molar-refractivity contribution is 5.77. The number of carboxylic acid groups (broad SMARTS) is 1. The molecule has 3 aromatic carbocycles. The van der Waals surface area contributed by atoms with Crippen LogP contribution in [0, 0.1) is 0 Å². The van der Waals surface area contributed by atoms with Gasteiger partial charge in [0.05, 0.1) is 0 Å². The molecule has 1 aromatic heterocycles. The van der Waals surface area contributed by atoms with Crippen LogP contribution in [0.25, 0.3) is 11.3 Å². The lowest BCUT2D eigenvalue weighted by Gasteiger charge is -2.13. The highest BCUT2D eigenvalue weighted by Crippen LogP contribution is 2.25. The SMILES string of the molecule is O=C(O)C(Cc1ccccc1)Nc1cc(-c2ccc(OCc3ccccc3)cc2)on1. The topological polar surface area (TPSA) is 84.6 Å². The highest BCUT2D eigenvalue weighted by atomic mass is 16.5. The average molecular weight is 414 g/mol. The van der Waals surface area contributed by atoms with Crippen LogP contribution in [0.4, 0.5) is 5.82 Å². The van der Waals surface area contributed by atoms with Crippen LogP contribution in [-0.4, -0.2) is 22.3 Å². The molecule has 1 unspecified atom stereocenters. The zero-order valence-corrected chi connectivity index (χ0v) is 16.8. The maximum atomic E-state index is 11.7. The summed E-state index contributed by atoms with van der Waals surface area (Å²) in [5.41, 5.74) is 2.85. The third kappa shape index (κ3) is 5.51. The number of benzene rings is 3. The third-order valence-electron chi connectivity index (χ3n) is 4.80. The number of carboxylic acids is 1. The standard InChI is InChI=1S/C25H22N2O4/c28-25(29)22(15-18-7-3-1-4-8-18)26-24-16-23(31-27-24)20-11-13-21(14-12-20)30-17-19-9-5-2-6-10-19/h1-14,16,22H,15,17H2,(H,26,27)(H,28,29). The van der Waals surface area contributed by atoms with Gasteiger partial charge in [-0.2, -0.15) is 0 Å². The van der Waals surface area contributed by atoms with E-state index >= 15 is 0 Å². The fourth-order valence-corrected chi connectivity index (χ4v) is 3.16. The first kappa shape index (κ1) is 20.2. The van der Waals surface area contributed by atoms with Gasteiger partial charge in [0.1, 0.15) is 18.4 Å². The highest BCUT2D eigenvalue weighted by Gasteiger charge is 2.19. The van der Waals surface area contributed by atoms with Gasteiger partial charge in [-0.1, -0.05) is 65.8 Å². The summed E-state index contributed by atoms with van der Waals surface area (Å²) in [5, 5.41) is 16.5. The molecule has 31 heavy (non-hydrogen) atoms. The minimum absolute atomic E-state index is 0.339. The molecular weight excluding hydrogens is 392 g/mol. The van der Waals surface area contributed by atoms with Gasteiger partial charge in [-0.25, -0.2) is 4.79 Å². The minimum Gasteiger partial charge on any atom is -0.489 e. The molecular formula is C25H22N2O4. The van der Waals surface area contributed by atoms with Crippen molar-refractivity contribution in [3.05, 3.63) is 102 Å². The zero-order valence-electron chi connectivity index (χ0n) is 16.8. The lowest BCUT2D eigenvalue weighted by Crippen LogP contribution is -2.31. The van der Waals surface area contributed by atoms with Gasteiger partial charge in [0, 0.05) is 18.1 Å². The molecule has 4 aromatic rings. The number of aromatic nitrogens is 1. The number of ether oxygens (including phenoxy) is 1. The molecule has 0 fully saturated rings. The van der Waals surface area contributed by atoms with E-state index in [1.54, 1.807) is 6.07 Å². The van der Waals surface area contributed by atoms with Gasteiger partial charge >= 0.3 is 5.97 Å². The molecule has 4 rings (SSSR count). The van der Waals surface area contributed by atoms with Crippen molar-refractivity contribution in [2.24, 2.45) is 0 Å². The Balaban J connectivity index is 1.39. The molecule has 0 saturated carbocycles. The number of rotatable bonds is 9. The fourth-order valence-electron chi connectivity index (χ4n) is 3.16. The van der Waals surface area contributed by atoms with Crippen LogP contribution in [-0.2, 0) is 17.8 Å². The minimum atomic E-state index is -0.951. The van der Waals surface area contributed by atoms with Crippen molar-refractivity contribution in [3.63, 3.8) is 0 Å². The molecule has 1 atom stereocenters. The van der Waals surface area contributed by atoms with Crippen LogP contribution < -0.4 is 10.1 Å². The smallest absolute Gasteiger partial charge is 0.326 e. The van der Waals surface area contributed by atoms with E-state index in [9.17, 15) is 9.90 Å². The van der Waals surface area contributed by atoms with E-state index in [2.05, 4.69) is 10.5 Å². The van der Waals surface area contributed by atoms with Gasteiger partial charge in [-0.15, -0.1) is 0 Å². The van der Waals surface area contributed by atoms with Crippen LogP contribution in [0.3, 0.4) is 0 Å². The Hall–Kier alpha value is -4.06. The predicted molar refractivity (Wildman–Crippen MR) is 118 cm³/mol. The summed E-state index contributed by atoms with van der Waals surface area (Å²) in [6.45, 7) is 0.495. The van der Waals surface area contributed by atoms with E-state index in [4.69, 9.17) is 9.26 Å². The molecule has 0 aliphatic rings. The van der Waals surface area contributed by atoms with Crippen molar-refractivity contribution in [2.75, 3.05) is 5.32 Å². The molecule has 0 spiro atoms. The predicted octanol–water partition coefficient (Wildman–Crippen LogP) is 5.03. The summed E-state index contributed by atoms with van der Waals surface area (Å²) < 4.78 is 11.2. The Bertz CT molecular complexity index is 1110. The summed E-state index contributed by atoms with van der Waals surface area (Å²) in [6, 6.07) is 27.8. The van der Waals surface area contributed by atoms with Crippen molar-refractivity contribution >= 4 is 11.8 Å². The van der Waals surface area contributed by atoms with Gasteiger partial charge in [-0.3, -0.25) is 0 Å². The second kappa shape index (κ2) is 9.63. The lowest BCUT2D eigenvalue weighted by molar-refractivity contribution is -0.137. The molecule has 1 heterocycles. The van der Waals surface area contributed by atoms with E-state index in [0.29, 0.717) is 24.6 Å². The maximum absolute atomic E-state index is 11.7. The maximum Gasteiger partial charge on any atom is 0.326 e. The molecule has 0 saturated heterocycles. The van der Waals surface area contributed by atoms with E-state index < -0.39 is 12.0 Å². The summed E-state index contributed by atoms with van der Waals surface area (Å²) in [6.07, 6.45) is 0.339. The van der Waals surface area contributed by atoms with Crippen molar-refractivity contribution < 1.29 is 19.2 Å². The second-order valence-corrected chi connectivity index (χ2v) is 7.10. The summed E-state index contributed by atoms with van der Waals surface area (Å²) in [7, 11) is 0. The first-order chi connectivity index (χ1) is 15.2. The van der Waals surface area contributed by atoms with Crippen molar-refractivity contribution in [3.8, 4) is 17.1 Å². The number of nitrogens with zero attached hydrogens (tertiary/aromatic N) is 1. The van der Waals surface area contributed by atoms with Crippen molar-refractivity contribution in [1.29, 1.82) is 0 Å². The Kier molecular flexibility index (Phi) is 6.28. The van der Waals surface area contributed by atoms with Gasteiger partial charge in [0.2, 0.25) is 0 Å². The number of hydrogen-bond acceptors (Lipinski definition) is 5. The summed E-state index contributed by atoms with van der Waals surface area (Å²) >= 11 is 0. The number of anilines is 1. The molecule has 0 aliphatic carbocycles. The van der Waals surface area contributed by atoms with Gasteiger partial charge < -0.3 is 19.7 Å². The van der Waals surface area contributed by atoms with Gasteiger partial charge in [-0.05, 0) is 35.4 Å². The second-order valence-electron chi connectivity index (χ2n) is 7.10. The summed E-state index contributed by atoms with van der Waals surface area (Å²) in [4.78, 5) is 11.7. The van der Waals surface area contributed by atoms with Crippen LogP contribution in [0.2, 0.25) is 0 Å². The normalized spacial score (nSPS) is 11.6. The molecule has 6 nitrogen and oxygen atoms in total. The molecule has 0 aliphatic heterocycles. The van der Waals surface area contributed by atoms with Crippen molar-refractivity contribution in [1.82, 2.24) is 5.16 Å². The molecule has 156 valence electrons. The van der Waals surface area contributed by atoms with E-state index in [1.165, 1.54) is 0 Å². The Morgan fingerprint density at radius 3 is 2.23 bits per heavy atom. The van der Waals surface area contributed by atoms with Gasteiger partial charge in [0.15, 0.2) is 11.6 Å². The molecule has 6 heteroatoms. The number of carbonyl (C=O) groups is 1. The molecule has 0 radical (unpaired) electrons. The molecule has 0 amide bonds. The van der Waals surface area contributed by atoms with Crippen LogP contribution >= 0.6 is 0 Å². The quantitative estimate of drug-likeness (QED) is 0.400. The Morgan fingerprint density at radius 2 is 1.58 bits per heavy atom. The Labute approximate surface area is 180 Å². The monoisotopic (exact) mass is 414 g/mol. The summed E-state index contributed by atoms with van der Waals surface area (Å²) in [5.74, 6) is 0.719. The number of hydrogen-bond donors (Lipinski definition) is 2. The molecule has 0 bridgehead atoms. The first-order valence-electron chi connectivity index (χ1n) is 9.94. The third-order valence-corrected chi connectivity index (χ3v) is 4.80. The van der Waals surface area contributed by atoms with E-state index in [0.717, 1.165) is 22.4 Å². The van der Waals surface area contributed by atoms with Crippen molar-refractivity contribution in [2.45, 2.75) is 19.1 Å². The van der Waals surface area contributed by atoms with E-state index in [1.807, 2.05) is 84.9 Å². The number of aliphatic carboxylic acids is 1. The van der Waals surface area contributed by atoms with E-state index in [-0.39, 0.29) is 0 Å². The molecule has 2 N–H and O–H groups in total.